The molecule has 5 nitrogen and oxygen atoms in total. The number of morpholine rings is 1. The molecule has 2 aliphatic rings. The highest BCUT2D eigenvalue weighted by atomic mass is 16.5. The van der Waals surface area contributed by atoms with Crippen molar-refractivity contribution in [2.75, 3.05) is 41.4 Å². The van der Waals surface area contributed by atoms with E-state index in [9.17, 15) is 4.79 Å². The van der Waals surface area contributed by atoms with E-state index in [1.807, 2.05) is 23.1 Å². The third-order valence-electron chi connectivity index (χ3n) is 6.11. The van der Waals surface area contributed by atoms with Gasteiger partial charge in [0, 0.05) is 54.6 Å². The lowest BCUT2D eigenvalue weighted by Crippen LogP contribution is -2.48. The number of ether oxygens (including phenoxy) is 1. The molecule has 2 aromatic rings. The first-order valence-corrected chi connectivity index (χ1v) is 10.1. The summed E-state index contributed by atoms with van der Waals surface area (Å²) >= 11 is 0. The molecule has 0 spiro atoms. The van der Waals surface area contributed by atoms with Gasteiger partial charge in [-0.05, 0) is 37.3 Å². The van der Waals surface area contributed by atoms with Crippen LogP contribution in [0, 0.1) is 5.92 Å². The van der Waals surface area contributed by atoms with Gasteiger partial charge in [0.15, 0.2) is 0 Å². The van der Waals surface area contributed by atoms with Gasteiger partial charge in [0.2, 0.25) is 5.91 Å². The number of amides is 1. The van der Waals surface area contributed by atoms with Gasteiger partial charge in [-0.2, -0.15) is 0 Å². The predicted molar refractivity (Wildman–Crippen MR) is 114 cm³/mol. The molecule has 2 heterocycles. The number of carbonyl (C=O) groups is 1. The van der Waals surface area contributed by atoms with E-state index >= 15 is 0 Å². The lowest BCUT2D eigenvalue weighted by molar-refractivity contribution is -0.117. The van der Waals surface area contributed by atoms with Crippen molar-refractivity contribution in [2.24, 2.45) is 5.92 Å². The summed E-state index contributed by atoms with van der Waals surface area (Å²) in [7, 11) is 0. The number of benzene rings is 2. The Balaban J connectivity index is 1.76. The van der Waals surface area contributed by atoms with Crippen LogP contribution in [-0.4, -0.2) is 38.3 Å². The smallest absolute Gasteiger partial charge is 0.224 e. The number of fused-ring (bicyclic) bond motifs is 1. The zero-order valence-corrected chi connectivity index (χ0v) is 16.9. The predicted octanol–water partition coefficient (Wildman–Crippen LogP) is 4.07. The lowest BCUT2D eigenvalue weighted by atomic mass is 9.82. The van der Waals surface area contributed by atoms with Crippen LogP contribution >= 0.6 is 0 Å². The number of carbonyl (C=O) groups excluding carboxylic acids is 1. The molecule has 1 saturated heterocycles. The van der Waals surface area contributed by atoms with Gasteiger partial charge in [-0.1, -0.05) is 25.1 Å². The topological polar surface area (TPSA) is 44.8 Å². The fraction of sp³-hybridized carbons (Fsp3) is 0.435. The average Bonchev–Trinajstić information content (AvgIpc) is 2.72. The van der Waals surface area contributed by atoms with E-state index in [0.29, 0.717) is 0 Å². The van der Waals surface area contributed by atoms with Crippen molar-refractivity contribution in [1.82, 2.24) is 0 Å². The van der Waals surface area contributed by atoms with E-state index in [0.717, 1.165) is 37.7 Å². The molecule has 4 rings (SSSR count). The number of rotatable bonds is 3. The monoisotopic (exact) mass is 379 g/mol. The Morgan fingerprint density at radius 1 is 1.07 bits per heavy atom. The Hall–Kier alpha value is -2.53. The highest BCUT2D eigenvalue weighted by Gasteiger charge is 2.38. The number of hydrogen-bond donors (Lipinski definition) is 1. The summed E-state index contributed by atoms with van der Waals surface area (Å²) in [6, 6.07) is 17.1. The highest BCUT2D eigenvalue weighted by molar-refractivity contribution is 5.94. The molecule has 5 heteroatoms. The molecule has 148 valence electrons. The number of para-hydroxylation sites is 1. The van der Waals surface area contributed by atoms with Crippen molar-refractivity contribution in [3.63, 3.8) is 0 Å². The highest BCUT2D eigenvalue weighted by Crippen LogP contribution is 2.44. The third kappa shape index (κ3) is 3.47. The van der Waals surface area contributed by atoms with Crippen molar-refractivity contribution >= 4 is 23.0 Å². The summed E-state index contributed by atoms with van der Waals surface area (Å²) in [5.74, 6) is 0.370. The van der Waals surface area contributed by atoms with E-state index in [-0.39, 0.29) is 23.9 Å². The van der Waals surface area contributed by atoms with Crippen LogP contribution in [0.3, 0.4) is 0 Å². The van der Waals surface area contributed by atoms with E-state index in [1.54, 1.807) is 6.92 Å². The molecular weight excluding hydrogens is 350 g/mol. The molecule has 28 heavy (non-hydrogen) atoms. The summed E-state index contributed by atoms with van der Waals surface area (Å²) in [4.78, 5) is 16.8. The molecule has 1 N–H and O–H groups in total. The molecule has 1 fully saturated rings. The van der Waals surface area contributed by atoms with Gasteiger partial charge < -0.3 is 19.9 Å². The Bertz CT molecular complexity index is 833. The lowest BCUT2D eigenvalue weighted by Gasteiger charge is -2.44. The van der Waals surface area contributed by atoms with Crippen molar-refractivity contribution in [2.45, 2.75) is 32.9 Å². The maximum atomic E-state index is 12.4. The van der Waals surface area contributed by atoms with E-state index in [4.69, 9.17) is 4.74 Å². The largest absolute Gasteiger partial charge is 0.378 e. The average molecular weight is 380 g/mol. The quantitative estimate of drug-likeness (QED) is 0.873. The van der Waals surface area contributed by atoms with Gasteiger partial charge in [-0.3, -0.25) is 4.79 Å². The Morgan fingerprint density at radius 3 is 2.46 bits per heavy atom. The van der Waals surface area contributed by atoms with Gasteiger partial charge in [0.25, 0.3) is 0 Å². The maximum absolute atomic E-state index is 12.4. The molecule has 0 aliphatic carbocycles. The van der Waals surface area contributed by atoms with Crippen LogP contribution in [0.2, 0.25) is 0 Å². The Morgan fingerprint density at radius 2 is 1.79 bits per heavy atom. The van der Waals surface area contributed by atoms with Crippen LogP contribution in [0.5, 0.6) is 0 Å². The second kappa shape index (κ2) is 7.84. The summed E-state index contributed by atoms with van der Waals surface area (Å²) in [5.41, 5.74) is 4.51. The SMILES string of the molecule is CC(=O)N1c2ccc(N3CCOCC3)cc2[C@@H](Nc2ccccc2)[C@@H](C)[C@@H]1C. The fourth-order valence-corrected chi connectivity index (χ4v) is 4.42. The molecule has 0 unspecified atom stereocenters. The fourth-order valence-electron chi connectivity index (χ4n) is 4.42. The van der Waals surface area contributed by atoms with Gasteiger partial charge in [0.1, 0.15) is 0 Å². The maximum Gasteiger partial charge on any atom is 0.224 e. The first-order valence-electron chi connectivity index (χ1n) is 10.1. The summed E-state index contributed by atoms with van der Waals surface area (Å²) in [6.07, 6.45) is 0. The van der Waals surface area contributed by atoms with E-state index in [2.05, 4.69) is 54.4 Å². The van der Waals surface area contributed by atoms with E-state index in [1.165, 1.54) is 11.3 Å². The first kappa shape index (κ1) is 18.8. The number of hydrogen-bond acceptors (Lipinski definition) is 4. The van der Waals surface area contributed by atoms with Crippen LogP contribution in [0.1, 0.15) is 32.4 Å². The molecular formula is C23H29N3O2. The Labute approximate surface area is 167 Å². The minimum absolute atomic E-state index is 0.0953. The molecule has 0 bridgehead atoms. The second-order valence-corrected chi connectivity index (χ2v) is 7.82. The molecule has 1 amide bonds. The van der Waals surface area contributed by atoms with Gasteiger partial charge in [-0.25, -0.2) is 0 Å². The zero-order valence-electron chi connectivity index (χ0n) is 16.9. The van der Waals surface area contributed by atoms with Crippen LogP contribution in [0.25, 0.3) is 0 Å². The van der Waals surface area contributed by atoms with Gasteiger partial charge in [-0.15, -0.1) is 0 Å². The van der Waals surface area contributed by atoms with Crippen molar-refractivity contribution < 1.29 is 9.53 Å². The first-order chi connectivity index (χ1) is 13.6. The Kier molecular flexibility index (Phi) is 5.27. The van der Waals surface area contributed by atoms with Crippen molar-refractivity contribution in [3.05, 3.63) is 54.1 Å². The van der Waals surface area contributed by atoms with Crippen LogP contribution < -0.4 is 15.1 Å². The molecule has 3 atom stereocenters. The third-order valence-corrected chi connectivity index (χ3v) is 6.11. The molecule has 0 aromatic heterocycles. The van der Waals surface area contributed by atoms with Crippen LogP contribution in [0.4, 0.5) is 17.1 Å². The number of nitrogens with zero attached hydrogens (tertiary/aromatic N) is 2. The molecule has 2 aromatic carbocycles. The zero-order chi connectivity index (χ0) is 19.7. The summed E-state index contributed by atoms with van der Waals surface area (Å²) in [5, 5.41) is 3.73. The molecule has 0 saturated carbocycles. The molecule has 2 aliphatic heterocycles. The van der Waals surface area contributed by atoms with Crippen LogP contribution in [0.15, 0.2) is 48.5 Å². The van der Waals surface area contributed by atoms with Gasteiger partial charge in [0.05, 0.1) is 19.3 Å². The normalized spacial score (nSPS) is 24.6. The van der Waals surface area contributed by atoms with Crippen molar-refractivity contribution in [1.29, 1.82) is 0 Å². The number of anilines is 3. The standard InChI is InChI=1S/C23H29N3O2/c1-16-17(2)26(18(3)27)22-10-9-20(25-11-13-28-14-12-25)15-21(22)23(16)24-19-7-5-4-6-8-19/h4-10,15-17,23-24H,11-14H2,1-3H3/t16-,17-,23-/m0/s1. The second-order valence-electron chi connectivity index (χ2n) is 7.82. The van der Waals surface area contributed by atoms with E-state index < -0.39 is 0 Å². The minimum Gasteiger partial charge on any atom is -0.378 e. The summed E-state index contributed by atoms with van der Waals surface area (Å²) in [6.45, 7) is 9.35. The van der Waals surface area contributed by atoms with Gasteiger partial charge >= 0.3 is 0 Å². The minimum atomic E-state index is 0.0953. The number of nitrogens with one attached hydrogen (secondary N) is 1. The van der Waals surface area contributed by atoms with Crippen LogP contribution in [-0.2, 0) is 9.53 Å². The summed E-state index contributed by atoms with van der Waals surface area (Å²) < 4.78 is 5.51. The van der Waals surface area contributed by atoms with Crippen molar-refractivity contribution in [3.8, 4) is 0 Å². The molecule has 0 radical (unpaired) electrons.